The Balaban J connectivity index is 1.40. The molecule has 2 atom stereocenters. The maximum absolute atomic E-state index is 3.81. The zero-order chi connectivity index (χ0) is 13.5. The Morgan fingerprint density at radius 3 is 2.26 bits per heavy atom. The molecule has 0 heterocycles. The highest BCUT2D eigenvalue weighted by atomic mass is 15.1. The molecule has 0 saturated heterocycles. The van der Waals surface area contributed by atoms with Gasteiger partial charge >= 0.3 is 0 Å². The van der Waals surface area contributed by atoms with Gasteiger partial charge < -0.3 is 10.6 Å². The van der Waals surface area contributed by atoms with Gasteiger partial charge in [-0.3, -0.25) is 0 Å². The minimum Gasteiger partial charge on any atom is -0.310 e. The Labute approximate surface area is 117 Å². The molecular formula is C17H26N2. The summed E-state index contributed by atoms with van der Waals surface area (Å²) in [6.45, 7) is 6.75. The van der Waals surface area contributed by atoms with E-state index in [0.717, 1.165) is 18.0 Å². The molecule has 0 bridgehead atoms. The SMILES string of the molecule is CC(C)(C)NC1CC(N[C@@H]2C[C@H]2c2ccccc2)C1. The van der Waals surface area contributed by atoms with Gasteiger partial charge in [-0.25, -0.2) is 0 Å². The highest BCUT2D eigenvalue weighted by Crippen LogP contribution is 2.42. The molecule has 0 unspecified atom stereocenters. The second kappa shape index (κ2) is 4.92. The predicted octanol–water partition coefficient (Wildman–Crippen LogP) is 3.05. The van der Waals surface area contributed by atoms with Crippen LogP contribution in [0.4, 0.5) is 0 Å². The molecule has 104 valence electrons. The number of hydrogen-bond acceptors (Lipinski definition) is 2. The molecule has 2 nitrogen and oxygen atoms in total. The van der Waals surface area contributed by atoms with E-state index in [9.17, 15) is 0 Å². The van der Waals surface area contributed by atoms with E-state index in [2.05, 4.69) is 61.7 Å². The summed E-state index contributed by atoms with van der Waals surface area (Å²) in [6.07, 6.45) is 3.89. The Hall–Kier alpha value is -0.860. The zero-order valence-corrected chi connectivity index (χ0v) is 12.3. The fraction of sp³-hybridized carbons (Fsp3) is 0.647. The summed E-state index contributed by atoms with van der Waals surface area (Å²) in [4.78, 5) is 0. The van der Waals surface area contributed by atoms with Gasteiger partial charge in [0.15, 0.2) is 0 Å². The number of benzene rings is 1. The van der Waals surface area contributed by atoms with Gasteiger partial charge in [-0.2, -0.15) is 0 Å². The summed E-state index contributed by atoms with van der Waals surface area (Å²) >= 11 is 0. The predicted molar refractivity (Wildman–Crippen MR) is 80.4 cm³/mol. The molecule has 2 N–H and O–H groups in total. The van der Waals surface area contributed by atoms with Crippen molar-refractivity contribution in [3.63, 3.8) is 0 Å². The van der Waals surface area contributed by atoms with Crippen molar-refractivity contribution < 1.29 is 0 Å². The minimum absolute atomic E-state index is 0.252. The van der Waals surface area contributed by atoms with Gasteiger partial charge in [-0.05, 0) is 45.6 Å². The second-order valence-corrected chi connectivity index (χ2v) is 7.29. The first-order chi connectivity index (χ1) is 9.01. The van der Waals surface area contributed by atoms with Crippen molar-refractivity contribution in [3.8, 4) is 0 Å². The van der Waals surface area contributed by atoms with Crippen LogP contribution < -0.4 is 10.6 Å². The average Bonchev–Trinajstić information content (AvgIpc) is 3.05. The summed E-state index contributed by atoms with van der Waals surface area (Å²) in [7, 11) is 0. The molecule has 0 spiro atoms. The summed E-state index contributed by atoms with van der Waals surface area (Å²) < 4.78 is 0. The molecule has 0 aromatic heterocycles. The van der Waals surface area contributed by atoms with Gasteiger partial charge in [0.05, 0.1) is 0 Å². The van der Waals surface area contributed by atoms with E-state index in [4.69, 9.17) is 0 Å². The molecule has 0 radical (unpaired) electrons. The van der Waals surface area contributed by atoms with E-state index in [1.807, 2.05) is 0 Å². The van der Waals surface area contributed by atoms with Gasteiger partial charge in [0.2, 0.25) is 0 Å². The Kier molecular flexibility index (Phi) is 3.40. The van der Waals surface area contributed by atoms with Crippen molar-refractivity contribution in [2.75, 3.05) is 0 Å². The van der Waals surface area contributed by atoms with Crippen LogP contribution in [-0.2, 0) is 0 Å². The normalized spacial score (nSPS) is 33.8. The van der Waals surface area contributed by atoms with Crippen molar-refractivity contribution in [1.29, 1.82) is 0 Å². The van der Waals surface area contributed by atoms with E-state index in [1.165, 1.54) is 24.8 Å². The summed E-state index contributed by atoms with van der Waals surface area (Å²) in [5.41, 5.74) is 1.76. The molecule has 1 aromatic carbocycles. The van der Waals surface area contributed by atoms with Crippen LogP contribution in [-0.4, -0.2) is 23.7 Å². The minimum atomic E-state index is 0.252. The lowest BCUT2D eigenvalue weighted by atomic mass is 9.85. The lowest BCUT2D eigenvalue weighted by molar-refractivity contribution is 0.206. The molecule has 2 aliphatic rings. The van der Waals surface area contributed by atoms with Gasteiger partial charge in [-0.15, -0.1) is 0 Å². The molecular weight excluding hydrogens is 232 g/mol. The van der Waals surface area contributed by atoms with Gasteiger partial charge in [0.25, 0.3) is 0 Å². The van der Waals surface area contributed by atoms with Crippen LogP contribution in [0.2, 0.25) is 0 Å². The van der Waals surface area contributed by atoms with E-state index < -0.39 is 0 Å². The van der Waals surface area contributed by atoms with Crippen molar-refractivity contribution in [1.82, 2.24) is 10.6 Å². The summed E-state index contributed by atoms with van der Waals surface area (Å²) in [5, 5.41) is 7.50. The van der Waals surface area contributed by atoms with Crippen molar-refractivity contribution in [2.45, 2.75) is 69.6 Å². The van der Waals surface area contributed by atoms with Gasteiger partial charge in [0.1, 0.15) is 0 Å². The molecule has 1 aromatic rings. The van der Waals surface area contributed by atoms with Crippen molar-refractivity contribution in [2.24, 2.45) is 0 Å². The smallest absolute Gasteiger partial charge is 0.0145 e. The average molecular weight is 258 g/mol. The molecule has 2 saturated carbocycles. The first kappa shape index (κ1) is 13.1. The van der Waals surface area contributed by atoms with E-state index >= 15 is 0 Å². The van der Waals surface area contributed by atoms with Crippen molar-refractivity contribution in [3.05, 3.63) is 35.9 Å². The Morgan fingerprint density at radius 1 is 0.947 bits per heavy atom. The lowest BCUT2D eigenvalue weighted by Crippen LogP contribution is -2.56. The fourth-order valence-electron chi connectivity index (χ4n) is 3.23. The maximum Gasteiger partial charge on any atom is 0.0145 e. The van der Waals surface area contributed by atoms with E-state index in [1.54, 1.807) is 0 Å². The van der Waals surface area contributed by atoms with Crippen molar-refractivity contribution >= 4 is 0 Å². The third-order valence-electron chi connectivity index (χ3n) is 4.24. The van der Waals surface area contributed by atoms with E-state index in [0.29, 0.717) is 6.04 Å². The standard InChI is InChI=1S/C17H26N2/c1-17(2,3)19-14-9-13(10-14)18-16-11-15(16)12-7-5-4-6-8-12/h4-8,13-16,18-19H,9-11H2,1-3H3/t13?,14?,15-,16+/m0/s1. The van der Waals surface area contributed by atoms with Crippen LogP contribution in [0.25, 0.3) is 0 Å². The van der Waals surface area contributed by atoms with Gasteiger partial charge in [0, 0.05) is 29.6 Å². The topological polar surface area (TPSA) is 24.1 Å². The lowest BCUT2D eigenvalue weighted by Gasteiger charge is -2.41. The summed E-state index contributed by atoms with van der Waals surface area (Å²) in [6, 6.07) is 13.1. The fourth-order valence-corrected chi connectivity index (χ4v) is 3.23. The highest BCUT2D eigenvalue weighted by molar-refractivity contribution is 5.28. The first-order valence-electron chi connectivity index (χ1n) is 7.60. The maximum atomic E-state index is 3.81. The third-order valence-corrected chi connectivity index (χ3v) is 4.24. The Bertz CT molecular complexity index is 415. The molecule has 0 aliphatic heterocycles. The van der Waals surface area contributed by atoms with Crippen LogP contribution in [0.15, 0.2) is 30.3 Å². The molecule has 0 amide bonds. The molecule has 2 fully saturated rings. The molecule has 19 heavy (non-hydrogen) atoms. The van der Waals surface area contributed by atoms with Crippen LogP contribution in [0.1, 0.15) is 51.5 Å². The second-order valence-electron chi connectivity index (χ2n) is 7.29. The van der Waals surface area contributed by atoms with Crippen LogP contribution in [0, 0.1) is 0 Å². The summed E-state index contributed by atoms with van der Waals surface area (Å²) in [5.74, 6) is 0.760. The Morgan fingerprint density at radius 2 is 1.63 bits per heavy atom. The first-order valence-corrected chi connectivity index (χ1v) is 7.60. The van der Waals surface area contributed by atoms with Gasteiger partial charge in [-0.1, -0.05) is 30.3 Å². The van der Waals surface area contributed by atoms with Crippen LogP contribution in [0.5, 0.6) is 0 Å². The number of hydrogen-bond donors (Lipinski definition) is 2. The highest BCUT2D eigenvalue weighted by Gasteiger charge is 2.42. The number of nitrogens with one attached hydrogen (secondary N) is 2. The molecule has 2 aliphatic carbocycles. The largest absolute Gasteiger partial charge is 0.310 e. The molecule has 2 heteroatoms. The molecule has 3 rings (SSSR count). The monoisotopic (exact) mass is 258 g/mol. The van der Waals surface area contributed by atoms with Crippen LogP contribution in [0.3, 0.4) is 0 Å². The quantitative estimate of drug-likeness (QED) is 0.867. The third kappa shape index (κ3) is 3.37. The van der Waals surface area contributed by atoms with E-state index in [-0.39, 0.29) is 5.54 Å². The number of rotatable bonds is 4. The van der Waals surface area contributed by atoms with Crippen LogP contribution >= 0.6 is 0 Å². The zero-order valence-electron chi connectivity index (χ0n) is 12.3.